The summed E-state index contributed by atoms with van der Waals surface area (Å²) in [6.45, 7) is 4.80. The zero-order valence-electron chi connectivity index (χ0n) is 12.1. The fraction of sp³-hybridized carbons (Fsp3) is 0.267. The molecule has 3 N–H and O–H groups in total. The highest BCUT2D eigenvalue weighted by Crippen LogP contribution is 2.30. The minimum Gasteiger partial charge on any atom is -0.368 e. The number of hydrogen-bond donors (Lipinski definition) is 2. The Bertz CT molecular complexity index is 781. The van der Waals surface area contributed by atoms with Crippen molar-refractivity contribution in [3.8, 4) is 0 Å². The summed E-state index contributed by atoms with van der Waals surface area (Å²) < 4.78 is 0. The Kier molecular flexibility index (Phi) is 3.70. The number of nitrogens with zero attached hydrogens (tertiary/aromatic N) is 3. The van der Waals surface area contributed by atoms with E-state index < -0.39 is 0 Å². The number of pyridine rings is 1. The van der Waals surface area contributed by atoms with Crippen molar-refractivity contribution < 1.29 is 0 Å². The van der Waals surface area contributed by atoms with Gasteiger partial charge in [0.15, 0.2) is 0 Å². The average molecular weight is 299 g/mol. The van der Waals surface area contributed by atoms with Crippen LogP contribution in [0, 0.1) is 6.92 Å². The van der Waals surface area contributed by atoms with Crippen molar-refractivity contribution in [1.82, 2.24) is 15.0 Å². The van der Waals surface area contributed by atoms with Crippen LogP contribution in [0.3, 0.4) is 0 Å². The molecule has 0 amide bonds. The lowest BCUT2D eigenvalue weighted by Crippen LogP contribution is -2.07. The molecular formula is C15H17N5S. The first-order chi connectivity index (χ1) is 10.2. The summed E-state index contributed by atoms with van der Waals surface area (Å²) in [5, 5.41) is 4.36. The third kappa shape index (κ3) is 2.80. The number of nitrogens with one attached hydrogen (secondary N) is 1. The van der Waals surface area contributed by atoms with E-state index in [1.807, 2.05) is 19.1 Å². The highest BCUT2D eigenvalue weighted by molar-refractivity contribution is 7.18. The SMILES string of the molecule is CCc1cc2c(NCc3ncccc3C)nc(N)nc2s1. The molecule has 3 rings (SSSR count). The third-order valence-electron chi connectivity index (χ3n) is 3.35. The zero-order valence-corrected chi connectivity index (χ0v) is 12.9. The lowest BCUT2D eigenvalue weighted by atomic mass is 10.2. The molecule has 0 saturated heterocycles. The van der Waals surface area contributed by atoms with Crippen LogP contribution in [-0.2, 0) is 13.0 Å². The number of aryl methyl sites for hydroxylation is 2. The molecule has 0 unspecified atom stereocenters. The van der Waals surface area contributed by atoms with Crippen LogP contribution in [0.25, 0.3) is 10.2 Å². The molecule has 0 saturated carbocycles. The molecule has 0 atom stereocenters. The Hall–Kier alpha value is -2.21. The molecule has 0 spiro atoms. The van der Waals surface area contributed by atoms with E-state index in [0.717, 1.165) is 33.7 Å². The standard InChI is InChI=1S/C15H17N5S/c1-3-10-7-11-13(19-15(16)20-14(11)21-10)18-8-12-9(2)5-4-6-17-12/h4-7H,3,8H2,1-2H3,(H3,16,18,19,20). The number of thiophene rings is 1. The lowest BCUT2D eigenvalue weighted by Gasteiger charge is -2.08. The van der Waals surface area contributed by atoms with Crippen molar-refractivity contribution in [3.63, 3.8) is 0 Å². The van der Waals surface area contributed by atoms with Crippen LogP contribution in [0.1, 0.15) is 23.1 Å². The van der Waals surface area contributed by atoms with E-state index in [2.05, 4.69) is 33.3 Å². The smallest absolute Gasteiger partial charge is 0.223 e. The summed E-state index contributed by atoms with van der Waals surface area (Å²) in [6.07, 6.45) is 2.79. The van der Waals surface area contributed by atoms with E-state index in [1.54, 1.807) is 17.5 Å². The van der Waals surface area contributed by atoms with Gasteiger partial charge in [-0.3, -0.25) is 4.98 Å². The van der Waals surface area contributed by atoms with Crippen molar-refractivity contribution in [2.45, 2.75) is 26.8 Å². The molecule has 0 aliphatic heterocycles. The van der Waals surface area contributed by atoms with Gasteiger partial charge < -0.3 is 11.1 Å². The maximum atomic E-state index is 5.80. The number of fused-ring (bicyclic) bond motifs is 1. The highest BCUT2D eigenvalue weighted by Gasteiger charge is 2.10. The minimum absolute atomic E-state index is 0.298. The average Bonchev–Trinajstić information content (AvgIpc) is 2.89. The van der Waals surface area contributed by atoms with Gasteiger partial charge in [-0.15, -0.1) is 11.3 Å². The molecule has 3 aromatic rings. The summed E-state index contributed by atoms with van der Waals surface area (Å²) in [6, 6.07) is 6.12. The number of anilines is 2. The van der Waals surface area contributed by atoms with Crippen LogP contribution >= 0.6 is 11.3 Å². The molecule has 0 aliphatic carbocycles. The number of rotatable bonds is 4. The Balaban J connectivity index is 1.93. The van der Waals surface area contributed by atoms with Crippen molar-refractivity contribution in [3.05, 3.63) is 40.5 Å². The Labute approximate surface area is 127 Å². The first-order valence-electron chi connectivity index (χ1n) is 6.87. The molecule has 3 heterocycles. The summed E-state index contributed by atoms with van der Waals surface area (Å²) in [5.74, 6) is 1.07. The molecule has 0 bridgehead atoms. The van der Waals surface area contributed by atoms with E-state index in [9.17, 15) is 0 Å². The summed E-state index contributed by atoms with van der Waals surface area (Å²) >= 11 is 1.66. The first-order valence-corrected chi connectivity index (χ1v) is 7.69. The number of nitrogen functional groups attached to an aromatic ring is 1. The van der Waals surface area contributed by atoms with Crippen LogP contribution in [0.4, 0.5) is 11.8 Å². The molecule has 6 heteroatoms. The Morgan fingerprint density at radius 1 is 1.33 bits per heavy atom. The third-order valence-corrected chi connectivity index (χ3v) is 4.52. The van der Waals surface area contributed by atoms with Gasteiger partial charge in [0, 0.05) is 11.1 Å². The van der Waals surface area contributed by atoms with Gasteiger partial charge in [-0.25, -0.2) is 4.98 Å². The van der Waals surface area contributed by atoms with Gasteiger partial charge in [0.1, 0.15) is 10.6 Å². The largest absolute Gasteiger partial charge is 0.368 e. The topological polar surface area (TPSA) is 76.7 Å². The van der Waals surface area contributed by atoms with Gasteiger partial charge in [-0.1, -0.05) is 13.0 Å². The van der Waals surface area contributed by atoms with Crippen molar-refractivity contribution >= 4 is 33.3 Å². The molecule has 0 fully saturated rings. The van der Waals surface area contributed by atoms with Crippen LogP contribution in [-0.4, -0.2) is 15.0 Å². The molecule has 0 aliphatic rings. The van der Waals surface area contributed by atoms with Gasteiger partial charge in [0.05, 0.1) is 17.6 Å². The van der Waals surface area contributed by atoms with Gasteiger partial charge in [-0.05, 0) is 31.0 Å². The maximum Gasteiger partial charge on any atom is 0.223 e. The van der Waals surface area contributed by atoms with E-state index >= 15 is 0 Å². The molecule has 3 aromatic heterocycles. The zero-order chi connectivity index (χ0) is 14.8. The molecular weight excluding hydrogens is 282 g/mol. The quantitative estimate of drug-likeness (QED) is 0.774. The lowest BCUT2D eigenvalue weighted by molar-refractivity contribution is 1.01. The maximum absolute atomic E-state index is 5.80. The summed E-state index contributed by atoms with van der Waals surface area (Å²) in [5.41, 5.74) is 7.97. The van der Waals surface area contributed by atoms with Gasteiger partial charge in [-0.2, -0.15) is 4.98 Å². The van der Waals surface area contributed by atoms with Crippen LogP contribution in [0.2, 0.25) is 0 Å². The second kappa shape index (κ2) is 5.65. The van der Waals surface area contributed by atoms with Crippen molar-refractivity contribution in [1.29, 1.82) is 0 Å². The molecule has 0 aromatic carbocycles. The summed E-state index contributed by atoms with van der Waals surface area (Å²) in [4.78, 5) is 15.2. The van der Waals surface area contributed by atoms with E-state index in [-0.39, 0.29) is 0 Å². The minimum atomic E-state index is 0.298. The highest BCUT2D eigenvalue weighted by atomic mass is 32.1. The van der Waals surface area contributed by atoms with Gasteiger partial charge in [0.25, 0.3) is 0 Å². The Morgan fingerprint density at radius 2 is 2.19 bits per heavy atom. The second-order valence-corrected chi connectivity index (χ2v) is 5.95. The summed E-state index contributed by atoms with van der Waals surface area (Å²) in [7, 11) is 0. The molecule has 108 valence electrons. The monoisotopic (exact) mass is 299 g/mol. The van der Waals surface area contributed by atoms with Crippen LogP contribution < -0.4 is 11.1 Å². The predicted molar refractivity (Wildman–Crippen MR) is 87.5 cm³/mol. The fourth-order valence-electron chi connectivity index (χ4n) is 2.17. The molecule has 5 nitrogen and oxygen atoms in total. The van der Waals surface area contributed by atoms with Gasteiger partial charge in [0.2, 0.25) is 5.95 Å². The number of nitrogens with two attached hydrogens (primary N) is 1. The van der Waals surface area contributed by atoms with E-state index in [0.29, 0.717) is 12.5 Å². The first kappa shape index (κ1) is 13.8. The molecule has 0 radical (unpaired) electrons. The second-order valence-electron chi connectivity index (χ2n) is 4.84. The molecule has 21 heavy (non-hydrogen) atoms. The van der Waals surface area contributed by atoms with E-state index in [1.165, 1.54) is 4.88 Å². The van der Waals surface area contributed by atoms with Crippen molar-refractivity contribution in [2.75, 3.05) is 11.1 Å². The Morgan fingerprint density at radius 3 is 2.95 bits per heavy atom. The normalized spacial score (nSPS) is 11.0. The van der Waals surface area contributed by atoms with Crippen molar-refractivity contribution in [2.24, 2.45) is 0 Å². The van der Waals surface area contributed by atoms with Crippen LogP contribution in [0.15, 0.2) is 24.4 Å². The fourth-order valence-corrected chi connectivity index (χ4v) is 3.14. The van der Waals surface area contributed by atoms with Gasteiger partial charge >= 0.3 is 0 Å². The van der Waals surface area contributed by atoms with Crippen LogP contribution in [0.5, 0.6) is 0 Å². The predicted octanol–water partition coefficient (Wildman–Crippen LogP) is 3.15. The van der Waals surface area contributed by atoms with E-state index in [4.69, 9.17) is 5.73 Å². The number of aromatic nitrogens is 3. The number of hydrogen-bond acceptors (Lipinski definition) is 6.